The van der Waals surface area contributed by atoms with Gasteiger partial charge in [-0.25, -0.2) is 9.78 Å². The van der Waals surface area contributed by atoms with Crippen LogP contribution in [-0.4, -0.2) is 44.6 Å². The fourth-order valence-electron chi connectivity index (χ4n) is 2.80. The Morgan fingerprint density at radius 3 is 3.15 bits per heavy atom. The Hall–Kier alpha value is -1.50. The van der Waals surface area contributed by atoms with Crippen molar-refractivity contribution in [2.75, 3.05) is 5.75 Å². The van der Waals surface area contributed by atoms with Crippen LogP contribution in [0, 0.1) is 0 Å². The Labute approximate surface area is 121 Å². The topological polar surface area (TPSA) is 76.0 Å². The van der Waals surface area contributed by atoms with Gasteiger partial charge in [0, 0.05) is 29.8 Å². The first-order valence-electron chi connectivity index (χ1n) is 6.94. The highest BCUT2D eigenvalue weighted by Gasteiger charge is 2.42. The number of amides is 2. The smallest absolute Gasteiger partial charge is 0.315 e. The maximum absolute atomic E-state index is 11.8. The van der Waals surface area contributed by atoms with E-state index in [-0.39, 0.29) is 24.0 Å². The van der Waals surface area contributed by atoms with Crippen molar-refractivity contribution in [1.82, 2.24) is 20.2 Å². The Kier molecular flexibility index (Phi) is 3.95. The SMILES string of the molecule is O=C1N[C@H]2[C@H](CS[C@H]2CCCCC(=O)n2ccnc2)N1. The Bertz CT molecular complexity index is 491. The highest BCUT2D eigenvalue weighted by Crippen LogP contribution is 2.33. The molecule has 3 heterocycles. The van der Waals surface area contributed by atoms with Crippen LogP contribution in [0.4, 0.5) is 4.79 Å². The van der Waals surface area contributed by atoms with Crippen molar-refractivity contribution < 1.29 is 9.59 Å². The van der Waals surface area contributed by atoms with E-state index in [1.165, 1.54) is 4.57 Å². The summed E-state index contributed by atoms with van der Waals surface area (Å²) in [7, 11) is 0. The van der Waals surface area contributed by atoms with Crippen molar-refractivity contribution in [3.8, 4) is 0 Å². The molecule has 7 heteroatoms. The van der Waals surface area contributed by atoms with E-state index in [1.54, 1.807) is 18.7 Å². The lowest BCUT2D eigenvalue weighted by atomic mass is 10.0. The van der Waals surface area contributed by atoms with Gasteiger partial charge in [-0.1, -0.05) is 6.42 Å². The van der Waals surface area contributed by atoms with Gasteiger partial charge in [0.2, 0.25) is 5.91 Å². The molecule has 0 saturated carbocycles. The molecule has 0 bridgehead atoms. The maximum atomic E-state index is 11.8. The molecule has 3 rings (SSSR count). The van der Waals surface area contributed by atoms with Crippen LogP contribution in [0.25, 0.3) is 0 Å². The van der Waals surface area contributed by atoms with E-state index in [2.05, 4.69) is 15.6 Å². The first-order chi connectivity index (χ1) is 9.74. The summed E-state index contributed by atoms with van der Waals surface area (Å²) < 4.78 is 1.53. The molecule has 0 radical (unpaired) electrons. The number of nitrogens with zero attached hydrogens (tertiary/aromatic N) is 2. The molecule has 2 fully saturated rings. The third kappa shape index (κ3) is 2.82. The van der Waals surface area contributed by atoms with Crippen LogP contribution in [0.1, 0.15) is 30.5 Å². The molecule has 2 aliphatic heterocycles. The van der Waals surface area contributed by atoms with Crippen molar-refractivity contribution in [2.24, 2.45) is 0 Å². The van der Waals surface area contributed by atoms with Gasteiger partial charge >= 0.3 is 6.03 Å². The predicted octanol–water partition coefficient (Wildman–Crippen LogP) is 1.25. The predicted molar refractivity (Wildman–Crippen MR) is 76.8 cm³/mol. The maximum Gasteiger partial charge on any atom is 0.315 e. The van der Waals surface area contributed by atoms with Crippen LogP contribution in [0.3, 0.4) is 0 Å². The average Bonchev–Trinajstić information content (AvgIpc) is 3.11. The van der Waals surface area contributed by atoms with Crippen LogP contribution in [0.5, 0.6) is 0 Å². The molecule has 0 unspecified atom stereocenters. The molecule has 2 saturated heterocycles. The second-order valence-corrected chi connectivity index (χ2v) is 6.50. The fourth-order valence-corrected chi connectivity index (χ4v) is 4.34. The summed E-state index contributed by atoms with van der Waals surface area (Å²) >= 11 is 1.92. The van der Waals surface area contributed by atoms with Crippen molar-refractivity contribution in [3.63, 3.8) is 0 Å². The number of aromatic nitrogens is 2. The number of thioether (sulfide) groups is 1. The molecule has 2 aliphatic rings. The summed E-state index contributed by atoms with van der Waals surface area (Å²) in [6.07, 6.45) is 8.32. The lowest BCUT2D eigenvalue weighted by Gasteiger charge is -2.16. The first-order valence-corrected chi connectivity index (χ1v) is 7.99. The van der Waals surface area contributed by atoms with Gasteiger partial charge < -0.3 is 10.6 Å². The van der Waals surface area contributed by atoms with E-state index in [4.69, 9.17) is 0 Å². The van der Waals surface area contributed by atoms with E-state index in [0.29, 0.717) is 11.7 Å². The van der Waals surface area contributed by atoms with E-state index in [9.17, 15) is 9.59 Å². The highest BCUT2D eigenvalue weighted by molar-refractivity contribution is 8.00. The largest absolute Gasteiger partial charge is 0.332 e. The minimum absolute atomic E-state index is 0.0411. The molecule has 6 nitrogen and oxygen atoms in total. The normalized spacial score (nSPS) is 28.0. The third-order valence-electron chi connectivity index (χ3n) is 3.86. The highest BCUT2D eigenvalue weighted by atomic mass is 32.2. The summed E-state index contributed by atoms with van der Waals surface area (Å²) in [6, 6.07) is 0.502. The van der Waals surface area contributed by atoms with Crippen LogP contribution < -0.4 is 10.6 Å². The summed E-state index contributed by atoms with van der Waals surface area (Å²) in [5, 5.41) is 6.40. The van der Waals surface area contributed by atoms with Gasteiger partial charge in [0.25, 0.3) is 0 Å². The number of nitrogens with one attached hydrogen (secondary N) is 2. The Morgan fingerprint density at radius 1 is 1.45 bits per heavy atom. The summed E-state index contributed by atoms with van der Waals surface area (Å²) in [6.45, 7) is 0. The van der Waals surface area contributed by atoms with E-state index < -0.39 is 0 Å². The van der Waals surface area contributed by atoms with Crippen LogP contribution in [0.2, 0.25) is 0 Å². The molecule has 0 aliphatic carbocycles. The minimum atomic E-state index is -0.0411. The zero-order valence-corrected chi connectivity index (χ0v) is 11.9. The number of rotatable bonds is 5. The third-order valence-corrected chi connectivity index (χ3v) is 5.37. The van der Waals surface area contributed by atoms with E-state index >= 15 is 0 Å². The van der Waals surface area contributed by atoms with Crippen LogP contribution in [-0.2, 0) is 0 Å². The zero-order valence-electron chi connectivity index (χ0n) is 11.1. The summed E-state index contributed by atoms with van der Waals surface area (Å²) in [5.74, 6) is 1.08. The average molecular weight is 294 g/mol. The number of urea groups is 1. The van der Waals surface area contributed by atoms with Crippen molar-refractivity contribution in [2.45, 2.75) is 43.0 Å². The molecule has 1 aromatic rings. The van der Waals surface area contributed by atoms with Gasteiger partial charge in [-0.3, -0.25) is 9.36 Å². The molecule has 2 amide bonds. The van der Waals surface area contributed by atoms with Gasteiger partial charge in [0.05, 0.1) is 12.1 Å². The van der Waals surface area contributed by atoms with Gasteiger partial charge in [-0.05, 0) is 12.8 Å². The standard InChI is InChI=1S/C13H18N4O2S/c18-11(17-6-5-14-8-17)4-2-1-3-10-12-9(7-20-10)15-13(19)16-12/h5-6,8-10,12H,1-4,7H2,(H2,15,16,19)/t9-,10-,12-/m0/s1. The lowest BCUT2D eigenvalue weighted by Crippen LogP contribution is -2.36. The molecule has 108 valence electrons. The second kappa shape index (κ2) is 5.87. The number of hydrogen-bond donors (Lipinski definition) is 2. The molecular formula is C13H18N4O2S. The van der Waals surface area contributed by atoms with Crippen LogP contribution >= 0.6 is 11.8 Å². The van der Waals surface area contributed by atoms with Gasteiger partial charge in [-0.2, -0.15) is 11.8 Å². The summed E-state index contributed by atoms with van der Waals surface area (Å²) in [5.41, 5.74) is 0. The molecule has 3 atom stereocenters. The lowest BCUT2D eigenvalue weighted by molar-refractivity contribution is 0.0898. The number of fused-ring (bicyclic) bond motifs is 1. The van der Waals surface area contributed by atoms with Crippen molar-refractivity contribution in [3.05, 3.63) is 18.7 Å². The van der Waals surface area contributed by atoms with E-state index in [1.807, 2.05) is 11.8 Å². The number of unbranched alkanes of at least 4 members (excludes halogenated alkanes) is 1. The molecule has 0 aromatic carbocycles. The molecular weight excluding hydrogens is 276 g/mol. The molecule has 2 N–H and O–H groups in total. The quantitative estimate of drug-likeness (QED) is 0.633. The Morgan fingerprint density at radius 2 is 2.35 bits per heavy atom. The minimum Gasteiger partial charge on any atom is -0.332 e. The molecule has 20 heavy (non-hydrogen) atoms. The number of carbonyl (C=O) groups is 2. The van der Waals surface area contributed by atoms with E-state index in [0.717, 1.165) is 25.0 Å². The zero-order chi connectivity index (χ0) is 13.9. The second-order valence-electron chi connectivity index (χ2n) is 5.23. The molecule has 1 aromatic heterocycles. The monoisotopic (exact) mass is 294 g/mol. The van der Waals surface area contributed by atoms with Gasteiger partial charge in [0.15, 0.2) is 0 Å². The number of hydrogen-bond acceptors (Lipinski definition) is 4. The van der Waals surface area contributed by atoms with Crippen molar-refractivity contribution >= 4 is 23.7 Å². The Balaban J connectivity index is 1.38. The summed E-state index contributed by atoms with van der Waals surface area (Å²) in [4.78, 5) is 26.9. The number of carbonyl (C=O) groups excluding carboxylic acids is 2. The fraction of sp³-hybridized carbons (Fsp3) is 0.615. The number of imidazole rings is 1. The van der Waals surface area contributed by atoms with Crippen LogP contribution in [0.15, 0.2) is 18.7 Å². The van der Waals surface area contributed by atoms with Crippen molar-refractivity contribution in [1.29, 1.82) is 0 Å². The van der Waals surface area contributed by atoms with Gasteiger partial charge in [0.1, 0.15) is 6.33 Å². The molecule has 0 spiro atoms. The first kappa shape index (κ1) is 13.5. The van der Waals surface area contributed by atoms with Gasteiger partial charge in [-0.15, -0.1) is 0 Å².